The van der Waals surface area contributed by atoms with Gasteiger partial charge >= 0.3 is 0 Å². The Hall–Kier alpha value is -3.88. The molecule has 1 aliphatic heterocycles. The number of rotatable bonds is 5. The predicted octanol–water partition coefficient (Wildman–Crippen LogP) is 1.61. The molecule has 0 bridgehead atoms. The van der Waals surface area contributed by atoms with Crippen LogP contribution in [0.25, 0.3) is 0 Å². The quantitative estimate of drug-likeness (QED) is 0.452. The number of hydrogen-bond acceptors (Lipinski definition) is 5. The third kappa shape index (κ3) is 5.32. The molecular weight excluding hydrogens is 372 g/mol. The number of nitrogens with zero attached hydrogens (tertiary/aromatic N) is 2. The van der Waals surface area contributed by atoms with Crippen molar-refractivity contribution < 1.29 is 14.3 Å². The Morgan fingerprint density at radius 3 is 2.79 bits per heavy atom. The molecular formula is C20H22N6O3. The maximum Gasteiger partial charge on any atom is 0.252 e. The molecule has 2 aromatic carbocycles. The molecule has 0 fully saturated rings. The molecule has 1 unspecified atom stereocenters. The molecule has 1 atom stereocenters. The van der Waals surface area contributed by atoms with Gasteiger partial charge in [0, 0.05) is 17.4 Å². The van der Waals surface area contributed by atoms with Crippen LogP contribution in [-0.4, -0.2) is 36.9 Å². The van der Waals surface area contributed by atoms with Crippen LogP contribution in [0.4, 0.5) is 11.4 Å². The first-order valence-corrected chi connectivity index (χ1v) is 8.94. The highest BCUT2D eigenvalue weighted by Gasteiger charge is 2.28. The standard InChI is InChI=1S/C20H22N6O3/c1-12-6-3-4-9-15(12)23-19(21)26-20-24-16(18(28)25-20)11-17(27)22-13-7-5-8-14(10-13)29-2/h3-10,16H,11H2,1-2H3,(H,22,27)(H4,21,23,24,25,26,28). The summed E-state index contributed by atoms with van der Waals surface area (Å²) in [4.78, 5) is 32.6. The van der Waals surface area contributed by atoms with E-state index in [0.29, 0.717) is 11.4 Å². The van der Waals surface area contributed by atoms with E-state index < -0.39 is 11.9 Å². The van der Waals surface area contributed by atoms with Gasteiger partial charge in [-0.15, -0.1) is 0 Å². The van der Waals surface area contributed by atoms with E-state index in [0.717, 1.165) is 11.3 Å². The van der Waals surface area contributed by atoms with Crippen molar-refractivity contribution in [1.29, 1.82) is 0 Å². The molecule has 0 saturated carbocycles. The largest absolute Gasteiger partial charge is 0.497 e. The lowest BCUT2D eigenvalue weighted by atomic mass is 10.2. The lowest BCUT2D eigenvalue weighted by molar-refractivity contribution is -0.123. The van der Waals surface area contributed by atoms with E-state index in [9.17, 15) is 9.59 Å². The smallest absolute Gasteiger partial charge is 0.252 e. The van der Waals surface area contributed by atoms with Gasteiger partial charge < -0.3 is 21.1 Å². The number of guanidine groups is 2. The van der Waals surface area contributed by atoms with E-state index in [2.05, 4.69) is 25.9 Å². The monoisotopic (exact) mass is 394 g/mol. The van der Waals surface area contributed by atoms with E-state index >= 15 is 0 Å². The molecule has 0 aliphatic carbocycles. The second-order valence-corrected chi connectivity index (χ2v) is 6.38. The summed E-state index contributed by atoms with van der Waals surface area (Å²) in [6.07, 6.45) is -0.118. The minimum absolute atomic E-state index is 0.0627. The van der Waals surface area contributed by atoms with Crippen LogP contribution in [0, 0.1) is 6.92 Å². The molecule has 150 valence electrons. The Morgan fingerprint density at radius 2 is 2.03 bits per heavy atom. The number of aryl methyl sites for hydroxylation is 1. The molecule has 9 heteroatoms. The minimum Gasteiger partial charge on any atom is -0.497 e. The summed E-state index contributed by atoms with van der Waals surface area (Å²) < 4.78 is 5.12. The van der Waals surface area contributed by atoms with Crippen molar-refractivity contribution in [1.82, 2.24) is 5.32 Å². The third-order valence-electron chi connectivity index (χ3n) is 4.18. The van der Waals surface area contributed by atoms with Crippen LogP contribution in [0.3, 0.4) is 0 Å². The molecule has 9 nitrogen and oxygen atoms in total. The molecule has 0 spiro atoms. The highest BCUT2D eigenvalue weighted by atomic mass is 16.5. The summed E-state index contributed by atoms with van der Waals surface area (Å²) in [5.41, 5.74) is 8.26. The Morgan fingerprint density at radius 1 is 1.24 bits per heavy atom. The Balaban J connectivity index is 1.61. The van der Waals surface area contributed by atoms with Crippen LogP contribution in [0.1, 0.15) is 12.0 Å². The maximum absolute atomic E-state index is 12.2. The molecule has 0 aromatic heterocycles. The van der Waals surface area contributed by atoms with Crippen molar-refractivity contribution >= 4 is 35.1 Å². The third-order valence-corrected chi connectivity index (χ3v) is 4.18. The minimum atomic E-state index is -0.870. The fourth-order valence-electron chi connectivity index (χ4n) is 2.71. The van der Waals surface area contributed by atoms with E-state index in [1.807, 2.05) is 31.2 Å². The van der Waals surface area contributed by atoms with Crippen LogP contribution >= 0.6 is 0 Å². The maximum atomic E-state index is 12.2. The number of carbonyl (C=O) groups is 2. The van der Waals surface area contributed by atoms with Crippen LogP contribution in [0.15, 0.2) is 58.5 Å². The number of anilines is 2. The topological polar surface area (TPSA) is 130 Å². The van der Waals surface area contributed by atoms with Gasteiger partial charge in [-0.2, -0.15) is 4.99 Å². The van der Waals surface area contributed by atoms with Crippen molar-refractivity contribution in [2.45, 2.75) is 19.4 Å². The van der Waals surface area contributed by atoms with Gasteiger partial charge in [-0.05, 0) is 30.7 Å². The number of methoxy groups -OCH3 is 1. The number of ether oxygens (including phenoxy) is 1. The van der Waals surface area contributed by atoms with Gasteiger partial charge in [-0.25, -0.2) is 4.99 Å². The van der Waals surface area contributed by atoms with Crippen molar-refractivity contribution in [2.75, 3.05) is 17.7 Å². The summed E-state index contributed by atoms with van der Waals surface area (Å²) in [5.74, 6) is 0.00639. The first-order valence-electron chi connectivity index (χ1n) is 8.94. The van der Waals surface area contributed by atoms with Crippen molar-refractivity contribution in [3.63, 3.8) is 0 Å². The average molecular weight is 394 g/mol. The van der Waals surface area contributed by atoms with Gasteiger partial charge in [0.2, 0.25) is 17.8 Å². The van der Waals surface area contributed by atoms with Crippen molar-refractivity contribution in [3.8, 4) is 5.75 Å². The van der Waals surface area contributed by atoms with Crippen LogP contribution in [0.2, 0.25) is 0 Å². The summed E-state index contributed by atoms with van der Waals surface area (Å²) in [6.45, 7) is 1.93. The molecule has 0 saturated heterocycles. The first kappa shape index (κ1) is 19.9. The molecule has 29 heavy (non-hydrogen) atoms. The lowest BCUT2D eigenvalue weighted by Gasteiger charge is -2.08. The normalized spacial score (nSPS) is 16.1. The number of amides is 2. The molecule has 2 amide bonds. The Kier molecular flexibility index (Phi) is 6.08. The number of para-hydroxylation sites is 1. The van der Waals surface area contributed by atoms with E-state index in [4.69, 9.17) is 10.5 Å². The number of nitrogens with one attached hydrogen (secondary N) is 3. The van der Waals surface area contributed by atoms with Gasteiger partial charge in [-0.3, -0.25) is 14.9 Å². The van der Waals surface area contributed by atoms with Crippen LogP contribution < -0.4 is 26.4 Å². The van der Waals surface area contributed by atoms with E-state index in [1.54, 1.807) is 31.4 Å². The molecule has 1 aliphatic rings. The second-order valence-electron chi connectivity index (χ2n) is 6.38. The summed E-state index contributed by atoms with van der Waals surface area (Å²) in [6, 6.07) is 13.6. The van der Waals surface area contributed by atoms with Gasteiger partial charge in [0.15, 0.2) is 0 Å². The number of hydrogen-bond donors (Lipinski definition) is 4. The predicted molar refractivity (Wildman–Crippen MR) is 112 cm³/mol. The van der Waals surface area contributed by atoms with Gasteiger partial charge in [-0.1, -0.05) is 24.3 Å². The Bertz CT molecular complexity index is 986. The molecule has 1 heterocycles. The Labute approximate surface area is 168 Å². The zero-order valence-electron chi connectivity index (χ0n) is 16.1. The number of benzene rings is 2. The SMILES string of the molecule is COc1cccc(NC(=O)CC2N=C(/N=C(\N)Nc3ccccc3C)NC2=O)c1. The van der Waals surface area contributed by atoms with E-state index in [1.165, 1.54) is 0 Å². The van der Waals surface area contributed by atoms with Gasteiger partial charge in [0.25, 0.3) is 5.91 Å². The first-order chi connectivity index (χ1) is 13.9. The number of nitrogens with two attached hydrogens (primary N) is 1. The summed E-state index contributed by atoms with van der Waals surface area (Å²) in [5, 5.41) is 8.20. The number of carbonyl (C=O) groups excluding carboxylic acids is 2. The fraction of sp³-hybridized carbons (Fsp3) is 0.200. The molecule has 5 N–H and O–H groups in total. The highest BCUT2D eigenvalue weighted by molar-refractivity contribution is 6.11. The molecule has 2 aromatic rings. The van der Waals surface area contributed by atoms with E-state index in [-0.39, 0.29) is 24.2 Å². The molecule has 0 radical (unpaired) electrons. The summed E-state index contributed by atoms with van der Waals surface area (Å²) >= 11 is 0. The lowest BCUT2D eigenvalue weighted by Crippen LogP contribution is -2.32. The van der Waals surface area contributed by atoms with Gasteiger partial charge in [0.05, 0.1) is 13.5 Å². The van der Waals surface area contributed by atoms with Crippen molar-refractivity contribution in [2.24, 2.45) is 15.7 Å². The van der Waals surface area contributed by atoms with Crippen LogP contribution in [-0.2, 0) is 9.59 Å². The highest BCUT2D eigenvalue weighted by Crippen LogP contribution is 2.17. The molecule has 3 rings (SSSR count). The fourth-order valence-corrected chi connectivity index (χ4v) is 2.71. The van der Waals surface area contributed by atoms with Crippen molar-refractivity contribution in [3.05, 3.63) is 54.1 Å². The van der Waals surface area contributed by atoms with Crippen LogP contribution in [0.5, 0.6) is 5.75 Å². The average Bonchev–Trinajstić information content (AvgIpc) is 3.02. The zero-order chi connectivity index (χ0) is 20.8. The van der Waals surface area contributed by atoms with Gasteiger partial charge in [0.1, 0.15) is 11.8 Å². The second kappa shape index (κ2) is 8.87. The summed E-state index contributed by atoms with van der Waals surface area (Å²) in [7, 11) is 1.54. The number of aliphatic imine (C=N–C) groups is 2. The zero-order valence-corrected chi connectivity index (χ0v) is 16.1.